The highest BCUT2D eigenvalue weighted by molar-refractivity contribution is 6.02. The van der Waals surface area contributed by atoms with Gasteiger partial charge in [0.15, 0.2) is 11.5 Å². The largest absolute Gasteiger partial charge is 0.465 e. The number of aryl methyl sites for hydroxylation is 1. The maximum absolute atomic E-state index is 15.3. The highest BCUT2D eigenvalue weighted by Gasteiger charge is 2.37. The molecular weight excluding hydrogens is 373 g/mol. The van der Waals surface area contributed by atoms with Gasteiger partial charge in [0.25, 0.3) is 0 Å². The fraction of sp³-hybridized carbons (Fsp3) is 0.318. The maximum atomic E-state index is 15.3. The minimum atomic E-state index is -2.10. The van der Waals surface area contributed by atoms with Gasteiger partial charge in [-0.3, -0.25) is 4.79 Å². The van der Waals surface area contributed by atoms with E-state index in [1.165, 1.54) is 7.05 Å². The number of Topliss-reactive ketones (excluding diaryl/α,β-unsaturated/α-hetero) is 1. The number of carboxylic acid groups (broad SMARTS) is 1. The van der Waals surface area contributed by atoms with Crippen LogP contribution >= 0.6 is 0 Å². The van der Waals surface area contributed by atoms with Crippen LogP contribution in [-0.4, -0.2) is 50.5 Å². The molecule has 6 nitrogen and oxygen atoms in total. The molecule has 1 N–H and O–H groups in total. The Kier molecular flexibility index (Phi) is 5.68. The third kappa shape index (κ3) is 3.99. The SMILES string of the molecule is CCC(F)(CCN(C)C(=O)O)C(=O)c1ccc(-c2ccc3nccn3c2C)cc1. The number of pyridine rings is 1. The van der Waals surface area contributed by atoms with Crippen LogP contribution in [0, 0.1) is 6.92 Å². The topological polar surface area (TPSA) is 74.9 Å². The van der Waals surface area contributed by atoms with Gasteiger partial charge in [0.2, 0.25) is 0 Å². The van der Waals surface area contributed by atoms with Gasteiger partial charge in [0.1, 0.15) is 5.65 Å². The second-order valence-corrected chi connectivity index (χ2v) is 7.17. The minimum absolute atomic E-state index is 0.0164. The molecule has 0 radical (unpaired) electrons. The van der Waals surface area contributed by atoms with E-state index in [-0.39, 0.29) is 24.9 Å². The Morgan fingerprint density at radius 2 is 1.90 bits per heavy atom. The van der Waals surface area contributed by atoms with Crippen molar-refractivity contribution in [1.82, 2.24) is 14.3 Å². The van der Waals surface area contributed by atoms with Gasteiger partial charge >= 0.3 is 6.09 Å². The van der Waals surface area contributed by atoms with Gasteiger partial charge in [-0.05, 0) is 31.0 Å². The summed E-state index contributed by atoms with van der Waals surface area (Å²) >= 11 is 0. The fourth-order valence-electron chi connectivity index (χ4n) is 3.39. The van der Waals surface area contributed by atoms with Gasteiger partial charge in [0.05, 0.1) is 0 Å². The zero-order valence-corrected chi connectivity index (χ0v) is 16.7. The lowest BCUT2D eigenvalue weighted by molar-refractivity contribution is 0.0616. The predicted octanol–water partition coefficient (Wildman–Crippen LogP) is 4.61. The van der Waals surface area contributed by atoms with Crippen molar-refractivity contribution in [3.63, 3.8) is 0 Å². The van der Waals surface area contributed by atoms with Crippen molar-refractivity contribution in [2.45, 2.75) is 32.4 Å². The molecule has 3 aromatic rings. The van der Waals surface area contributed by atoms with Crippen molar-refractivity contribution in [1.29, 1.82) is 0 Å². The summed E-state index contributed by atoms with van der Waals surface area (Å²) in [6.45, 7) is 3.54. The Balaban J connectivity index is 1.83. The first-order valence-corrected chi connectivity index (χ1v) is 9.47. The van der Waals surface area contributed by atoms with Crippen LogP contribution in [0.15, 0.2) is 48.8 Å². The highest BCUT2D eigenvalue weighted by atomic mass is 19.1. The van der Waals surface area contributed by atoms with Crippen molar-refractivity contribution < 1.29 is 19.1 Å². The van der Waals surface area contributed by atoms with Crippen LogP contribution in [0.1, 0.15) is 35.8 Å². The molecular formula is C22H24FN3O3. The molecule has 1 aromatic carbocycles. The summed E-state index contributed by atoms with van der Waals surface area (Å²) in [6, 6.07) is 10.8. The molecule has 1 unspecified atom stereocenters. The Morgan fingerprint density at radius 1 is 1.21 bits per heavy atom. The number of hydrogen-bond donors (Lipinski definition) is 1. The number of alkyl halides is 1. The fourth-order valence-corrected chi connectivity index (χ4v) is 3.39. The maximum Gasteiger partial charge on any atom is 0.407 e. The summed E-state index contributed by atoms with van der Waals surface area (Å²) in [5, 5.41) is 8.93. The van der Waals surface area contributed by atoms with Crippen LogP contribution in [-0.2, 0) is 0 Å². The van der Waals surface area contributed by atoms with Gasteiger partial charge in [-0.1, -0.05) is 31.2 Å². The average Bonchev–Trinajstić information content (AvgIpc) is 3.21. The zero-order valence-electron chi connectivity index (χ0n) is 16.7. The average molecular weight is 397 g/mol. The van der Waals surface area contributed by atoms with Crippen LogP contribution < -0.4 is 0 Å². The van der Waals surface area contributed by atoms with Crippen molar-refractivity contribution >= 4 is 17.5 Å². The van der Waals surface area contributed by atoms with E-state index in [4.69, 9.17) is 5.11 Å². The Labute approximate surface area is 168 Å². The lowest BCUT2D eigenvalue weighted by Crippen LogP contribution is -2.38. The van der Waals surface area contributed by atoms with Crippen molar-refractivity contribution in [3.05, 3.63) is 60.0 Å². The van der Waals surface area contributed by atoms with Crippen LogP contribution in [0.25, 0.3) is 16.8 Å². The van der Waals surface area contributed by atoms with E-state index in [9.17, 15) is 9.59 Å². The first kappa shape index (κ1) is 20.5. The smallest absolute Gasteiger partial charge is 0.407 e. The van der Waals surface area contributed by atoms with E-state index in [0.717, 1.165) is 27.4 Å². The number of benzene rings is 1. The number of imidazole rings is 1. The molecule has 0 aliphatic heterocycles. The Hall–Kier alpha value is -3.22. The second-order valence-electron chi connectivity index (χ2n) is 7.17. The molecule has 1 atom stereocenters. The van der Waals surface area contributed by atoms with Crippen LogP contribution in [0.4, 0.5) is 9.18 Å². The van der Waals surface area contributed by atoms with Crippen molar-refractivity contribution in [3.8, 4) is 11.1 Å². The molecule has 2 aromatic heterocycles. The first-order valence-electron chi connectivity index (χ1n) is 9.47. The summed E-state index contributed by atoms with van der Waals surface area (Å²) < 4.78 is 17.3. The third-order valence-electron chi connectivity index (χ3n) is 5.42. The molecule has 1 amide bonds. The number of fused-ring (bicyclic) bond motifs is 1. The number of amides is 1. The molecule has 29 heavy (non-hydrogen) atoms. The monoisotopic (exact) mass is 397 g/mol. The molecule has 7 heteroatoms. The molecule has 0 aliphatic carbocycles. The third-order valence-corrected chi connectivity index (χ3v) is 5.42. The summed E-state index contributed by atoms with van der Waals surface area (Å²) in [5.41, 5.74) is 1.97. The molecule has 0 saturated heterocycles. The molecule has 3 rings (SSSR count). The van der Waals surface area contributed by atoms with E-state index in [1.54, 1.807) is 37.4 Å². The van der Waals surface area contributed by atoms with E-state index in [0.29, 0.717) is 0 Å². The lowest BCUT2D eigenvalue weighted by atomic mass is 9.88. The molecule has 2 heterocycles. The van der Waals surface area contributed by atoms with Crippen LogP contribution in [0.2, 0.25) is 0 Å². The van der Waals surface area contributed by atoms with Crippen LogP contribution in [0.3, 0.4) is 0 Å². The molecule has 0 aliphatic rings. The number of carbonyl (C=O) groups excluding carboxylic acids is 1. The summed E-state index contributed by atoms with van der Waals surface area (Å²) in [5.74, 6) is -0.618. The van der Waals surface area contributed by atoms with Crippen molar-refractivity contribution in [2.75, 3.05) is 13.6 Å². The standard InChI is InChI=1S/C22H24FN3O3/c1-4-22(23,11-13-25(3)21(28)29)20(27)17-7-5-16(6-8-17)18-9-10-19-24-12-14-26(19)15(18)2/h5-10,12,14H,4,11,13H2,1-3H3,(H,28,29). The summed E-state index contributed by atoms with van der Waals surface area (Å²) in [6.07, 6.45) is 2.28. The lowest BCUT2D eigenvalue weighted by Gasteiger charge is -2.24. The minimum Gasteiger partial charge on any atom is -0.465 e. The number of rotatable bonds is 7. The van der Waals surface area contributed by atoms with Crippen molar-refractivity contribution in [2.24, 2.45) is 0 Å². The van der Waals surface area contributed by atoms with E-state index >= 15 is 4.39 Å². The highest BCUT2D eigenvalue weighted by Crippen LogP contribution is 2.29. The molecule has 0 spiro atoms. The van der Waals surface area contributed by atoms with Gasteiger partial charge in [-0.25, -0.2) is 14.2 Å². The van der Waals surface area contributed by atoms with E-state index in [1.807, 2.05) is 29.7 Å². The predicted molar refractivity (Wildman–Crippen MR) is 109 cm³/mol. The normalized spacial score (nSPS) is 13.2. The van der Waals surface area contributed by atoms with E-state index in [2.05, 4.69) is 4.98 Å². The quantitative estimate of drug-likeness (QED) is 0.591. The number of halogens is 1. The van der Waals surface area contributed by atoms with Gasteiger partial charge < -0.3 is 14.4 Å². The number of hydrogen-bond acceptors (Lipinski definition) is 3. The van der Waals surface area contributed by atoms with Gasteiger partial charge in [-0.15, -0.1) is 0 Å². The first-order chi connectivity index (χ1) is 13.8. The molecule has 0 bridgehead atoms. The molecule has 152 valence electrons. The van der Waals surface area contributed by atoms with Gasteiger partial charge in [-0.2, -0.15) is 0 Å². The number of aromatic nitrogens is 2. The van der Waals surface area contributed by atoms with E-state index < -0.39 is 17.5 Å². The molecule has 0 saturated carbocycles. The Bertz CT molecular complexity index is 1050. The molecule has 0 fully saturated rings. The number of nitrogens with zero attached hydrogens (tertiary/aromatic N) is 3. The summed E-state index contributed by atoms with van der Waals surface area (Å²) in [7, 11) is 1.36. The zero-order chi connectivity index (χ0) is 21.2. The summed E-state index contributed by atoms with van der Waals surface area (Å²) in [4.78, 5) is 28.9. The number of carbonyl (C=O) groups is 2. The van der Waals surface area contributed by atoms with Gasteiger partial charge in [0, 0.05) is 49.2 Å². The van der Waals surface area contributed by atoms with Crippen LogP contribution in [0.5, 0.6) is 0 Å². The second kappa shape index (κ2) is 8.03. The number of ketones is 1. The Morgan fingerprint density at radius 3 is 2.52 bits per heavy atom.